The summed E-state index contributed by atoms with van der Waals surface area (Å²) in [6.07, 6.45) is 1.87. The van der Waals surface area contributed by atoms with Crippen molar-refractivity contribution in [3.8, 4) is 11.4 Å². The quantitative estimate of drug-likeness (QED) is 0.491. The van der Waals surface area contributed by atoms with Gasteiger partial charge in [-0.1, -0.05) is 42.5 Å². The highest BCUT2D eigenvalue weighted by Gasteiger charge is 2.07. The molecule has 0 fully saturated rings. The first-order valence-corrected chi connectivity index (χ1v) is 8.79. The number of aromatic nitrogens is 2. The number of H-pyrrole nitrogens is 1. The Morgan fingerprint density at radius 1 is 0.926 bits per heavy atom. The highest BCUT2D eigenvalue weighted by atomic mass is 16.1. The summed E-state index contributed by atoms with van der Waals surface area (Å²) >= 11 is 0. The van der Waals surface area contributed by atoms with E-state index in [1.165, 1.54) is 0 Å². The van der Waals surface area contributed by atoms with E-state index in [2.05, 4.69) is 15.3 Å². The van der Waals surface area contributed by atoms with E-state index >= 15 is 0 Å². The Hall–Kier alpha value is -3.66. The maximum Gasteiger partial charge on any atom is 0.251 e. The summed E-state index contributed by atoms with van der Waals surface area (Å²) in [4.78, 5) is 20.3. The molecule has 0 aliphatic heterocycles. The zero-order valence-corrected chi connectivity index (χ0v) is 14.9. The predicted octanol–water partition coefficient (Wildman–Crippen LogP) is 5.27. The second-order valence-electron chi connectivity index (χ2n) is 6.37. The van der Waals surface area contributed by atoms with Crippen LogP contribution in [0.1, 0.15) is 12.5 Å². The molecule has 1 amide bonds. The van der Waals surface area contributed by atoms with E-state index < -0.39 is 0 Å². The van der Waals surface area contributed by atoms with Crippen LogP contribution < -0.4 is 5.32 Å². The molecule has 4 rings (SSSR count). The molecule has 0 atom stereocenters. The van der Waals surface area contributed by atoms with Gasteiger partial charge < -0.3 is 10.3 Å². The summed E-state index contributed by atoms with van der Waals surface area (Å²) in [6.45, 7) is 1.81. The topological polar surface area (TPSA) is 57.8 Å². The Bertz CT molecular complexity index is 1080. The molecule has 0 bridgehead atoms. The lowest BCUT2D eigenvalue weighted by Crippen LogP contribution is -2.12. The molecule has 0 spiro atoms. The van der Waals surface area contributed by atoms with Crippen molar-refractivity contribution in [1.29, 1.82) is 0 Å². The largest absolute Gasteiger partial charge is 0.338 e. The smallest absolute Gasteiger partial charge is 0.251 e. The number of amides is 1. The lowest BCUT2D eigenvalue weighted by Gasteiger charge is -2.06. The number of benzene rings is 3. The van der Waals surface area contributed by atoms with Gasteiger partial charge in [-0.3, -0.25) is 4.79 Å². The van der Waals surface area contributed by atoms with Crippen LogP contribution in [-0.4, -0.2) is 15.9 Å². The molecule has 4 nitrogen and oxygen atoms in total. The molecule has 1 heterocycles. The van der Waals surface area contributed by atoms with Gasteiger partial charge in [-0.05, 0) is 55.0 Å². The number of hydrogen-bond donors (Lipinski definition) is 2. The Labute approximate surface area is 157 Å². The number of hydrogen-bond acceptors (Lipinski definition) is 2. The van der Waals surface area contributed by atoms with Crippen LogP contribution in [0, 0.1) is 0 Å². The van der Waals surface area contributed by atoms with E-state index in [1.807, 2.05) is 91.9 Å². The zero-order chi connectivity index (χ0) is 18.6. The standard InChI is InChI=1S/C23H19N3O/c1-16(15-17-7-3-2-4-8-17)23(27)24-19-13-11-18(12-14-19)22-25-20-9-5-6-10-21(20)26-22/h2-15H,1H3,(H,24,27)(H,25,26)/b16-15+. The second-order valence-corrected chi connectivity index (χ2v) is 6.37. The van der Waals surface area contributed by atoms with Gasteiger partial charge in [0.1, 0.15) is 5.82 Å². The van der Waals surface area contributed by atoms with Crippen LogP contribution in [0.15, 0.2) is 84.4 Å². The van der Waals surface area contributed by atoms with Crippen LogP contribution in [0.2, 0.25) is 0 Å². The van der Waals surface area contributed by atoms with E-state index in [4.69, 9.17) is 0 Å². The van der Waals surface area contributed by atoms with Gasteiger partial charge in [0.2, 0.25) is 0 Å². The lowest BCUT2D eigenvalue weighted by atomic mass is 10.1. The van der Waals surface area contributed by atoms with E-state index in [-0.39, 0.29) is 5.91 Å². The van der Waals surface area contributed by atoms with E-state index in [9.17, 15) is 4.79 Å². The average Bonchev–Trinajstić information content (AvgIpc) is 3.13. The molecule has 0 saturated heterocycles. The number of carbonyl (C=O) groups is 1. The SMILES string of the molecule is C/C(=C\c1ccccc1)C(=O)Nc1ccc(-c2nc3ccccc3[nH]2)cc1. The molecule has 27 heavy (non-hydrogen) atoms. The van der Waals surface area contributed by atoms with Gasteiger partial charge in [0.25, 0.3) is 5.91 Å². The van der Waals surface area contributed by atoms with Gasteiger partial charge in [-0.25, -0.2) is 4.98 Å². The molecule has 0 radical (unpaired) electrons. The predicted molar refractivity (Wildman–Crippen MR) is 110 cm³/mol. The summed E-state index contributed by atoms with van der Waals surface area (Å²) in [5.41, 5.74) is 5.33. The van der Waals surface area contributed by atoms with Gasteiger partial charge in [0, 0.05) is 16.8 Å². The summed E-state index contributed by atoms with van der Waals surface area (Å²) in [5.74, 6) is 0.699. The number of rotatable bonds is 4. The number of carbonyl (C=O) groups excluding carboxylic acids is 1. The molecule has 4 heteroatoms. The van der Waals surface area contributed by atoms with Crippen LogP contribution in [0.5, 0.6) is 0 Å². The van der Waals surface area contributed by atoms with Crippen LogP contribution in [0.3, 0.4) is 0 Å². The third-order valence-corrected chi connectivity index (χ3v) is 4.35. The Morgan fingerprint density at radius 3 is 2.37 bits per heavy atom. The van der Waals surface area contributed by atoms with Gasteiger partial charge in [-0.2, -0.15) is 0 Å². The molecule has 0 unspecified atom stereocenters. The fourth-order valence-corrected chi connectivity index (χ4v) is 2.90. The molecule has 0 aliphatic rings. The first-order valence-electron chi connectivity index (χ1n) is 8.79. The normalized spacial score (nSPS) is 11.5. The third-order valence-electron chi connectivity index (χ3n) is 4.35. The fraction of sp³-hybridized carbons (Fsp3) is 0.0435. The monoisotopic (exact) mass is 353 g/mol. The number of aromatic amines is 1. The van der Waals surface area contributed by atoms with Gasteiger partial charge >= 0.3 is 0 Å². The Balaban J connectivity index is 1.49. The molecule has 4 aromatic rings. The van der Waals surface area contributed by atoms with Crippen LogP contribution in [-0.2, 0) is 4.79 Å². The fourth-order valence-electron chi connectivity index (χ4n) is 2.90. The highest BCUT2D eigenvalue weighted by Crippen LogP contribution is 2.22. The van der Waals surface area contributed by atoms with E-state index in [1.54, 1.807) is 0 Å². The van der Waals surface area contributed by atoms with Crippen molar-refractivity contribution >= 4 is 28.7 Å². The van der Waals surface area contributed by atoms with Crippen LogP contribution in [0.25, 0.3) is 28.5 Å². The van der Waals surface area contributed by atoms with Crippen LogP contribution in [0.4, 0.5) is 5.69 Å². The molecule has 0 aliphatic carbocycles. The molecule has 132 valence electrons. The Morgan fingerprint density at radius 2 is 1.63 bits per heavy atom. The van der Waals surface area contributed by atoms with Crippen molar-refractivity contribution in [2.75, 3.05) is 5.32 Å². The van der Waals surface area contributed by atoms with Crippen molar-refractivity contribution in [3.05, 3.63) is 90.0 Å². The molecule has 0 saturated carbocycles. The molecule has 2 N–H and O–H groups in total. The zero-order valence-electron chi connectivity index (χ0n) is 14.9. The summed E-state index contributed by atoms with van der Waals surface area (Å²) in [7, 11) is 0. The molecule has 3 aromatic carbocycles. The van der Waals surface area contributed by atoms with Crippen molar-refractivity contribution in [2.24, 2.45) is 0 Å². The summed E-state index contributed by atoms with van der Waals surface area (Å²) in [6, 6.07) is 25.4. The van der Waals surface area contributed by atoms with Crippen molar-refractivity contribution in [1.82, 2.24) is 9.97 Å². The number of imidazole rings is 1. The van der Waals surface area contributed by atoms with Gasteiger partial charge in [-0.15, -0.1) is 0 Å². The minimum Gasteiger partial charge on any atom is -0.338 e. The Kier molecular flexibility index (Phi) is 4.54. The highest BCUT2D eigenvalue weighted by molar-refractivity contribution is 6.06. The third kappa shape index (κ3) is 3.80. The number of fused-ring (bicyclic) bond motifs is 1. The van der Waals surface area contributed by atoms with Gasteiger partial charge in [0.05, 0.1) is 11.0 Å². The van der Waals surface area contributed by atoms with Crippen LogP contribution >= 0.6 is 0 Å². The number of nitrogens with one attached hydrogen (secondary N) is 2. The second kappa shape index (κ2) is 7.30. The number of para-hydroxylation sites is 2. The average molecular weight is 353 g/mol. The lowest BCUT2D eigenvalue weighted by molar-refractivity contribution is -0.112. The molecule has 1 aromatic heterocycles. The molecular formula is C23H19N3O. The first kappa shape index (κ1) is 16.8. The summed E-state index contributed by atoms with van der Waals surface area (Å²) < 4.78 is 0. The van der Waals surface area contributed by atoms with Crippen molar-refractivity contribution in [3.63, 3.8) is 0 Å². The minimum absolute atomic E-state index is 0.115. The van der Waals surface area contributed by atoms with Gasteiger partial charge in [0.15, 0.2) is 0 Å². The summed E-state index contributed by atoms with van der Waals surface area (Å²) in [5, 5.41) is 2.93. The maximum atomic E-state index is 12.4. The maximum absolute atomic E-state index is 12.4. The minimum atomic E-state index is -0.115. The first-order chi connectivity index (χ1) is 13.2. The van der Waals surface area contributed by atoms with Crippen molar-refractivity contribution in [2.45, 2.75) is 6.92 Å². The van der Waals surface area contributed by atoms with Crippen molar-refractivity contribution < 1.29 is 4.79 Å². The number of anilines is 1. The van der Waals surface area contributed by atoms with E-state index in [0.29, 0.717) is 5.57 Å². The van der Waals surface area contributed by atoms with E-state index in [0.717, 1.165) is 33.7 Å². The number of nitrogens with zero attached hydrogens (tertiary/aromatic N) is 1. The molecular weight excluding hydrogens is 334 g/mol.